The first-order chi connectivity index (χ1) is 6.52. The van der Waals surface area contributed by atoms with Crippen LogP contribution < -0.4 is 0 Å². The van der Waals surface area contributed by atoms with Gasteiger partial charge in [0.25, 0.3) is 0 Å². The molecule has 0 saturated carbocycles. The highest BCUT2D eigenvalue weighted by atomic mass is 79.9. The van der Waals surface area contributed by atoms with Crippen LogP contribution in [0.15, 0.2) is 33.6 Å². The van der Waals surface area contributed by atoms with Crippen LogP contribution in [0.1, 0.15) is 13.8 Å². The van der Waals surface area contributed by atoms with Gasteiger partial charge in [0.05, 0.1) is 17.4 Å². The second-order valence-electron chi connectivity index (χ2n) is 3.34. The van der Waals surface area contributed by atoms with Gasteiger partial charge in [-0.25, -0.2) is 0 Å². The summed E-state index contributed by atoms with van der Waals surface area (Å²) >= 11 is 2.29. The average Bonchev–Trinajstić information content (AvgIpc) is 2.16. The average molecular weight is 276 g/mol. The minimum Gasteiger partial charge on any atom is -0.593 e. The Balaban J connectivity index is 2.78. The van der Waals surface area contributed by atoms with Crippen LogP contribution in [0.3, 0.4) is 0 Å². The first-order valence-electron chi connectivity index (χ1n) is 4.42. The van der Waals surface area contributed by atoms with E-state index in [4.69, 9.17) is 0 Å². The van der Waals surface area contributed by atoms with Gasteiger partial charge >= 0.3 is 0 Å². The van der Waals surface area contributed by atoms with E-state index >= 15 is 0 Å². The first-order valence-corrected chi connectivity index (χ1v) is 6.32. The maximum Gasteiger partial charge on any atom is 0.174 e. The lowest BCUT2D eigenvalue weighted by Gasteiger charge is -2.22. The number of benzene rings is 1. The van der Waals surface area contributed by atoms with E-state index in [0.717, 1.165) is 9.37 Å². The van der Waals surface area contributed by atoms with Gasteiger partial charge < -0.3 is 4.55 Å². The molecule has 1 aromatic carbocycles. The summed E-state index contributed by atoms with van der Waals surface area (Å²) in [6.07, 6.45) is 0. The molecule has 1 rings (SSSR count). The standard InChI is InChI=1S/C10H14BrNOS/c1-8(2)12(3)14(13)10-6-4-9(11)5-7-10/h4-8H,1-3H3. The number of halogens is 1. The van der Waals surface area contributed by atoms with Crippen molar-refractivity contribution in [2.24, 2.45) is 0 Å². The number of nitrogens with zero attached hydrogens (tertiary/aromatic N) is 1. The predicted octanol–water partition coefficient (Wildman–Crippen LogP) is 2.81. The molecule has 0 aromatic heterocycles. The molecule has 2 nitrogen and oxygen atoms in total. The molecule has 1 aromatic rings. The molecule has 0 saturated heterocycles. The fourth-order valence-electron chi connectivity index (χ4n) is 0.909. The molecule has 0 spiro atoms. The molecule has 0 heterocycles. The fraction of sp³-hybridized carbons (Fsp3) is 0.400. The lowest BCUT2D eigenvalue weighted by atomic mass is 10.4. The van der Waals surface area contributed by atoms with E-state index in [1.54, 1.807) is 0 Å². The molecule has 1 atom stereocenters. The second-order valence-corrected chi connectivity index (χ2v) is 5.80. The van der Waals surface area contributed by atoms with Crippen LogP contribution in [0.4, 0.5) is 0 Å². The van der Waals surface area contributed by atoms with Gasteiger partial charge in [-0.05, 0) is 38.1 Å². The minimum absolute atomic E-state index is 0.277. The smallest absolute Gasteiger partial charge is 0.174 e. The Labute approximate surface area is 96.7 Å². The highest BCUT2D eigenvalue weighted by Gasteiger charge is 2.20. The molecule has 0 bridgehead atoms. The van der Waals surface area contributed by atoms with E-state index in [0.29, 0.717) is 0 Å². The van der Waals surface area contributed by atoms with Crippen LogP contribution in [0.2, 0.25) is 0 Å². The van der Waals surface area contributed by atoms with Crippen molar-refractivity contribution in [3.8, 4) is 0 Å². The van der Waals surface area contributed by atoms with Crippen LogP contribution in [0.25, 0.3) is 0 Å². The summed E-state index contributed by atoms with van der Waals surface area (Å²) in [5, 5.41) is 0. The van der Waals surface area contributed by atoms with Crippen LogP contribution in [-0.2, 0) is 11.4 Å². The van der Waals surface area contributed by atoms with E-state index in [1.807, 2.05) is 49.5 Å². The van der Waals surface area contributed by atoms with E-state index < -0.39 is 11.4 Å². The fourth-order valence-corrected chi connectivity index (χ4v) is 2.26. The molecule has 1 unspecified atom stereocenters. The third kappa shape index (κ3) is 2.98. The zero-order chi connectivity index (χ0) is 10.7. The second kappa shape index (κ2) is 5.16. The normalized spacial score (nSPS) is 13.6. The summed E-state index contributed by atoms with van der Waals surface area (Å²) in [6, 6.07) is 7.83. The summed E-state index contributed by atoms with van der Waals surface area (Å²) in [6.45, 7) is 4.05. The Kier molecular flexibility index (Phi) is 4.44. The lowest BCUT2D eigenvalue weighted by molar-refractivity contribution is 0.410. The van der Waals surface area contributed by atoms with Crippen LogP contribution in [-0.4, -0.2) is 21.9 Å². The van der Waals surface area contributed by atoms with Crippen LogP contribution >= 0.6 is 15.9 Å². The van der Waals surface area contributed by atoms with Gasteiger partial charge in [-0.15, -0.1) is 4.31 Å². The highest BCUT2D eigenvalue weighted by molar-refractivity contribution is 9.10. The topological polar surface area (TPSA) is 26.3 Å². The summed E-state index contributed by atoms with van der Waals surface area (Å²) in [5.41, 5.74) is 0. The Morgan fingerprint density at radius 1 is 1.29 bits per heavy atom. The molecular weight excluding hydrogens is 262 g/mol. The summed E-state index contributed by atoms with van der Waals surface area (Å²) in [5.74, 6) is 0. The van der Waals surface area contributed by atoms with Crippen molar-refractivity contribution in [1.82, 2.24) is 4.31 Å². The lowest BCUT2D eigenvalue weighted by Crippen LogP contribution is -2.32. The van der Waals surface area contributed by atoms with Gasteiger partial charge in [0, 0.05) is 11.5 Å². The van der Waals surface area contributed by atoms with E-state index in [2.05, 4.69) is 15.9 Å². The van der Waals surface area contributed by atoms with Crippen molar-refractivity contribution in [1.29, 1.82) is 0 Å². The maximum atomic E-state index is 11.9. The van der Waals surface area contributed by atoms with Crippen LogP contribution in [0, 0.1) is 0 Å². The first kappa shape index (κ1) is 12.0. The van der Waals surface area contributed by atoms with Gasteiger partial charge in [-0.3, -0.25) is 0 Å². The molecule has 0 aliphatic heterocycles. The van der Waals surface area contributed by atoms with Crippen molar-refractivity contribution in [3.63, 3.8) is 0 Å². The van der Waals surface area contributed by atoms with Crippen molar-refractivity contribution in [2.75, 3.05) is 7.05 Å². The number of rotatable bonds is 3. The molecule has 0 amide bonds. The third-order valence-corrected chi connectivity index (χ3v) is 4.15. The molecule has 0 aliphatic carbocycles. The van der Waals surface area contributed by atoms with Crippen molar-refractivity contribution in [2.45, 2.75) is 24.8 Å². The Morgan fingerprint density at radius 3 is 2.21 bits per heavy atom. The summed E-state index contributed by atoms with van der Waals surface area (Å²) in [4.78, 5) is 0.837. The highest BCUT2D eigenvalue weighted by Crippen LogP contribution is 2.18. The SMILES string of the molecule is CC(C)N(C)[S+]([O-])c1ccc(Br)cc1. The van der Waals surface area contributed by atoms with E-state index in [9.17, 15) is 4.55 Å². The third-order valence-electron chi connectivity index (χ3n) is 2.00. The zero-order valence-corrected chi connectivity index (χ0v) is 10.9. The Bertz CT molecular complexity index is 289. The van der Waals surface area contributed by atoms with Gasteiger partial charge in [-0.1, -0.05) is 15.9 Å². The Morgan fingerprint density at radius 2 is 1.79 bits per heavy atom. The van der Waals surface area contributed by atoms with Crippen molar-refractivity contribution in [3.05, 3.63) is 28.7 Å². The zero-order valence-electron chi connectivity index (χ0n) is 8.53. The van der Waals surface area contributed by atoms with Gasteiger partial charge in [0.1, 0.15) is 0 Å². The monoisotopic (exact) mass is 275 g/mol. The van der Waals surface area contributed by atoms with Crippen molar-refractivity contribution >= 4 is 27.3 Å². The minimum atomic E-state index is -1.05. The molecule has 0 radical (unpaired) electrons. The maximum absolute atomic E-state index is 11.9. The summed E-state index contributed by atoms with van der Waals surface area (Å²) < 4.78 is 14.8. The van der Waals surface area contributed by atoms with Crippen LogP contribution in [0.5, 0.6) is 0 Å². The Hall–Kier alpha value is -0.0300. The van der Waals surface area contributed by atoms with Gasteiger partial charge in [0.15, 0.2) is 4.90 Å². The molecule has 0 N–H and O–H groups in total. The molecule has 14 heavy (non-hydrogen) atoms. The number of hydrogen-bond acceptors (Lipinski definition) is 2. The number of hydrogen-bond donors (Lipinski definition) is 0. The van der Waals surface area contributed by atoms with Gasteiger partial charge in [-0.2, -0.15) is 0 Å². The van der Waals surface area contributed by atoms with Crippen molar-refractivity contribution < 1.29 is 4.55 Å². The molecule has 0 aliphatic rings. The van der Waals surface area contributed by atoms with E-state index in [-0.39, 0.29) is 6.04 Å². The quantitative estimate of drug-likeness (QED) is 0.793. The van der Waals surface area contributed by atoms with Gasteiger partial charge in [0.2, 0.25) is 0 Å². The molecule has 0 fully saturated rings. The predicted molar refractivity (Wildman–Crippen MR) is 63.4 cm³/mol. The molecular formula is C10H14BrNOS. The summed E-state index contributed by atoms with van der Waals surface area (Å²) in [7, 11) is 1.86. The largest absolute Gasteiger partial charge is 0.593 e. The molecule has 4 heteroatoms. The van der Waals surface area contributed by atoms with E-state index in [1.165, 1.54) is 0 Å². The molecule has 78 valence electrons.